The molecule has 0 bridgehead atoms. The van der Waals surface area contributed by atoms with Crippen molar-refractivity contribution in [1.29, 1.82) is 0 Å². The Kier molecular flexibility index (Phi) is 11.2. The Labute approximate surface area is 189 Å². The number of unbranched alkanes of at least 4 members (excludes halogenated alkanes) is 7. The van der Waals surface area contributed by atoms with Gasteiger partial charge in [0.15, 0.2) is 0 Å². The molecule has 1 aromatic carbocycles. The number of hydrogen-bond acceptors (Lipinski definition) is 0. The SMILES string of the molecule is CCCCCCc1cc(CCCCCC)cc([Si](C)(C)[C]2C=CC(CCCC)=C2)c1. The van der Waals surface area contributed by atoms with Gasteiger partial charge in [-0.2, -0.15) is 0 Å². The van der Waals surface area contributed by atoms with Crippen LogP contribution < -0.4 is 5.19 Å². The summed E-state index contributed by atoms with van der Waals surface area (Å²) in [5.41, 5.74) is 6.34. The topological polar surface area (TPSA) is 0 Å². The molecule has 1 radical (unpaired) electrons. The van der Waals surface area contributed by atoms with Crippen molar-refractivity contribution < 1.29 is 0 Å². The van der Waals surface area contributed by atoms with E-state index in [1.54, 1.807) is 27.4 Å². The Morgan fingerprint density at radius 1 is 0.600 bits per heavy atom. The summed E-state index contributed by atoms with van der Waals surface area (Å²) in [6.45, 7) is 12.0. The minimum atomic E-state index is -1.65. The number of aryl methyl sites for hydroxylation is 2. The number of rotatable bonds is 15. The van der Waals surface area contributed by atoms with Crippen molar-refractivity contribution in [3.63, 3.8) is 0 Å². The molecular weight excluding hydrogens is 376 g/mol. The van der Waals surface area contributed by atoms with Crippen molar-refractivity contribution >= 4 is 13.3 Å². The van der Waals surface area contributed by atoms with E-state index < -0.39 is 8.07 Å². The van der Waals surface area contributed by atoms with Crippen LogP contribution in [0, 0.1) is 5.54 Å². The first-order valence-electron chi connectivity index (χ1n) is 12.9. The monoisotopic (exact) mass is 423 g/mol. The average molecular weight is 424 g/mol. The molecule has 30 heavy (non-hydrogen) atoms. The first-order valence-corrected chi connectivity index (χ1v) is 15.9. The van der Waals surface area contributed by atoms with E-state index in [0.717, 1.165) is 0 Å². The lowest BCUT2D eigenvalue weighted by atomic mass is 10.0. The minimum absolute atomic E-state index is 1.24. The summed E-state index contributed by atoms with van der Waals surface area (Å²) in [6.07, 6.45) is 24.5. The average Bonchev–Trinajstić information content (AvgIpc) is 3.23. The fraction of sp³-hybridized carbons (Fsp3) is 0.621. The third-order valence-corrected chi connectivity index (χ3v) is 10.3. The Morgan fingerprint density at radius 3 is 1.70 bits per heavy atom. The molecular formula is C29H47Si. The highest BCUT2D eigenvalue weighted by Crippen LogP contribution is 2.30. The molecule has 2 rings (SSSR count). The standard InChI is InChI=1S/C29H47Si/c1-6-9-12-14-17-26-21-27(18-15-13-10-7-2)24-29(23-26)30(4,5)28-20-19-25(22-28)16-11-8-3/h19-24H,6-18H2,1-5H3. The third kappa shape index (κ3) is 7.87. The van der Waals surface area contributed by atoms with Crippen LogP contribution >= 0.6 is 0 Å². The summed E-state index contributed by atoms with van der Waals surface area (Å²) in [5, 5.41) is 1.65. The van der Waals surface area contributed by atoms with E-state index >= 15 is 0 Å². The molecule has 1 aromatic rings. The zero-order valence-electron chi connectivity index (χ0n) is 20.7. The second kappa shape index (κ2) is 13.4. The maximum Gasteiger partial charge on any atom is 0.0958 e. The summed E-state index contributed by atoms with van der Waals surface area (Å²) in [4.78, 5) is 0. The fourth-order valence-corrected chi connectivity index (χ4v) is 6.98. The number of hydrogen-bond donors (Lipinski definition) is 0. The van der Waals surface area contributed by atoms with E-state index in [0.29, 0.717) is 0 Å². The first kappa shape index (κ1) is 25.2. The number of allylic oxidation sites excluding steroid dienone is 4. The zero-order valence-corrected chi connectivity index (χ0v) is 21.7. The molecule has 0 atom stereocenters. The van der Waals surface area contributed by atoms with Crippen molar-refractivity contribution in [1.82, 2.24) is 0 Å². The summed E-state index contributed by atoms with van der Waals surface area (Å²) < 4.78 is 0. The van der Waals surface area contributed by atoms with E-state index in [-0.39, 0.29) is 0 Å². The van der Waals surface area contributed by atoms with Crippen LogP contribution in [-0.2, 0) is 12.8 Å². The molecule has 0 heterocycles. The largest absolute Gasteiger partial charge is 0.0958 e. The quantitative estimate of drug-likeness (QED) is 0.195. The molecule has 0 saturated heterocycles. The molecule has 0 aromatic heterocycles. The van der Waals surface area contributed by atoms with E-state index in [4.69, 9.17) is 0 Å². The minimum Gasteiger partial charge on any atom is -0.0757 e. The highest BCUT2D eigenvalue weighted by Gasteiger charge is 2.33. The lowest BCUT2D eigenvalue weighted by molar-refractivity contribution is 0.661. The lowest BCUT2D eigenvalue weighted by Gasteiger charge is -2.28. The lowest BCUT2D eigenvalue weighted by Crippen LogP contribution is -2.46. The van der Waals surface area contributed by atoms with Gasteiger partial charge in [0, 0.05) is 5.54 Å². The van der Waals surface area contributed by atoms with Crippen molar-refractivity contribution in [3.8, 4) is 0 Å². The van der Waals surface area contributed by atoms with Gasteiger partial charge in [0.2, 0.25) is 0 Å². The molecule has 0 unspecified atom stereocenters. The Bertz CT molecular complexity index is 649. The fourth-order valence-electron chi connectivity index (χ4n) is 4.51. The van der Waals surface area contributed by atoms with Crippen molar-refractivity contribution in [3.05, 3.63) is 58.7 Å². The molecule has 0 spiro atoms. The first-order chi connectivity index (χ1) is 14.5. The Balaban J connectivity index is 2.18. The summed E-state index contributed by atoms with van der Waals surface area (Å²) in [7, 11) is -1.65. The molecule has 167 valence electrons. The highest BCUT2D eigenvalue weighted by atomic mass is 28.3. The van der Waals surface area contributed by atoms with Crippen LogP contribution in [0.1, 0.15) is 103 Å². The molecule has 0 amide bonds. The van der Waals surface area contributed by atoms with Gasteiger partial charge in [0.1, 0.15) is 0 Å². The van der Waals surface area contributed by atoms with Crippen LogP contribution in [-0.4, -0.2) is 8.07 Å². The molecule has 0 aliphatic heterocycles. The van der Waals surface area contributed by atoms with Gasteiger partial charge in [-0.25, -0.2) is 0 Å². The third-order valence-electron chi connectivity index (χ3n) is 6.77. The molecule has 0 nitrogen and oxygen atoms in total. The Morgan fingerprint density at radius 2 is 1.17 bits per heavy atom. The van der Waals surface area contributed by atoms with Gasteiger partial charge in [-0.05, 0) is 49.7 Å². The van der Waals surface area contributed by atoms with Crippen LogP contribution in [0.25, 0.3) is 0 Å². The van der Waals surface area contributed by atoms with Crippen LogP contribution in [0.5, 0.6) is 0 Å². The van der Waals surface area contributed by atoms with Gasteiger partial charge in [-0.15, -0.1) is 0 Å². The van der Waals surface area contributed by atoms with Gasteiger partial charge in [-0.1, -0.05) is 126 Å². The molecule has 1 aliphatic rings. The molecule has 1 aliphatic carbocycles. The van der Waals surface area contributed by atoms with E-state index in [2.05, 4.69) is 70.3 Å². The van der Waals surface area contributed by atoms with Crippen LogP contribution in [0.3, 0.4) is 0 Å². The smallest absolute Gasteiger partial charge is 0.0757 e. The summed E-state index contributed by atoms with van der Waals surface area (Å²) in [6, 6.07) is 7.68. The van der Waals surface area contributed by atoms with Crippen LogP contribution in [0.2, 0.25) is 13.1 Å². The van der Waals surface area contributed by atoms with Gasteiger partial charge in [0.05, 0.1) is 8.07 Å². The van der Waals surface area contributed by atoms with E-state index in [1.165, 1.54) is 83.5 Å². The second-order valence-electron chi connectivity index (χ2n) is 9.90. The van der Waals surface area contributed by atoms with Crippen LogP contribution in [0.4, 0.5) is 0 Å². The van der Waals surface area contributed by atoms with E-state index in [1.807, 2.05) is 0 Å². The maximum atomic E-state index is 2.58. The van der Waals surface area contributed by atoms with E-state index in [9.17, 15) is 0 Å². The van der Waals surface area contributed by atoms with Crippen molar-refractivity contribution in [2.75, 3.05) is 0 Å². The maximum absolute atomic E-state index is 2.58. The summed E-state index contributed by atoms with van der Waals surface area (Å²) in [5.74, 6) is 0. The predicted octanol–water partition coefficient (Wildman–Crippen LogP) is 8.65. The van der Waals surface area contributed by atoms with Gasteiger partial charge < -0.3 is 0 Å². The molecule has 0 fully saturated rings. The predicted molar refractivity (Wildman–Crippen MR) is 139 cm³/mol. The van der Waals surface area contributed by atoms with Gasteiger partial charge in [-0.3, -0.25) is 0 Å². The van der Waals surface area contributed by atoms with Crippen molar-refractivity contribution in [2.24, 2.45) is 0 Å². The number of benzene rings is 1. The highest BCUT2D eigenvalue weighted by molar-refractivity contribution is 6.95. The molecule has 1 heteroatoms. The van der Waals surface area contributed by atoms with Gasteiger partial charge >= 0.3 is 0 Å². The summed E-state index contributed by atoms with van der Waals surface area (Å²) >= 11 is 0. The molecule has 0 N–H and O–H groups in total. The normalized spacial score (nSPS) is 14.5. The Hall–Kier alpha value is -1.08. The van der Waals surface area contributed by atoms with Gasteiger partial charge in [0.25, 0.3) is 0 Å². The van der Waals surface area contributed by atoms with Crippen LogP contribution in [0.15, 0.2) is 42.0 Å². The second-order valence-corrected chi connectivity index (χ2v) is 14.3. The zero-order chi connectivity index (χ0) is 21.8. The molecule has 0 saturated carbocycles. The van der Waals surface area contributed by atoms with Crippen molar-refractivity contribution in [2.45, 2.75) is 117 Å².